The highest BCUT2D eigenvalue weighted by molar-refractivity contribution is 5.94. The summed E-state index contributed by atoms with van der Waals surface area (Å²) in [5, 5.41) is 14.9. The van der Waals surface area contributed by atoms with Crippen LogP contribution in [-0.2, 0) is 25.6 Å². The van der Waals surface area contributed by atoms with Gasteiger partial charge in [-0.3, -0.25) is 14.4 Å². The van der Waals surface area contributed by atoms with Crippen LogP contribution < -0.4 is 22.1 Å². The van der Waals surface area contributed by atoms with Gasteiger partial charge in [0.1, 0.15) is 18.1 Å². The molecule has 1 fully saturated rings. The van der Waals surface area contributed by atoms with Crippen molar-refractivity contribution in [3.8, 4) is 0 Å². The fourth-order valence-electron chi connectivity index (χ4n) is 4.43. The second-order valence-electron chi connectivity index (χ2n) is 9.86. The third-order valence-electron chi connectivity index (χ3n) is 6.36. The molecule has 200 valence electrons. The van der Waals surface area contributed by atoms with Crippen molar-refractivity contribution in [1.29, 1.82) is 0 Å². The van der Waals surface area contributed by atoms with E-state index in [-0.39, 0.29) is 24.7 Å². The lowest BCUT2D eigenvalue weighted by Gasteiger charge is -2.30. The topological polar surface area (TPSA) is 168 Å². The SMILES string of the molecule is CC(C)CC(NC(=O)C1CCCN1C(=O)C(Cc1ccccc1)NC(=O)C(N)CCCCN)C(=O)O. The van der Waals surface area contributed by atoms with E-state index in [2.05, 4.69) is 10.6 Å². The molecule has 1 aromatic carbocycles. The first-order chi connectivity index (χ1) is 17.1. The predicted octanol–water partition coefficient (Wildman–Crippen LogP) is 0.777. The number of nitrogens with zero attached hydrogens (tertiary/aromatic N) is 1. The summed E-state index contributed by atoms with van der Waals surface area (Å²) in [5.74, 6) is -2.32. The Kier molecular flexibility index (Phi) is 11.8. The number of rotatable bonds is 14. The second-order valence-corrected chi connectivity index (χ2v) is 9.86. The number of nitrogens with one attached hydrogen (secondary N) is 2. The van der Waals surface area contributed by atoms with Crippen molar-refractivity contribution in [2.45, 2.75) is 83.0 Å². The van der Waals surface area contributed by atoms with Crippen LogP contribution in [0.3, 0.4) is 0 Å². The number of likely N-dealkylation sites (tertiary alicyclic amines) is 1. The van der Waals surface area contributed by atoms with Crippen molar-refractivity contribution in [3.05, 3.63) is 35.9 Å². The number of benzene rings is 1. The van der Waals surface area contributed by atoms with Crippen molar-refractivity contribution in [2.75, 3.05) is 13.1 Å². The number of carbonyl (C=O) groups excluding carboxylic acids is 3. The number of amides is 3. The summed E-state index contributed by atoms with van der Waals surface area (Å²) >= 11 is 0. The van der Waals surface area contributed by atoms with Gasteiger partial charge in [0, 0.05) is 13.0 Å². The van der Waals surface area contributed by atoms with Gasteiger partial charge in [0.2, 0.25) is 17.7 Å². The number of aliphatic carboxylic acids is 1. The van der Waals surface area contributed by atoms with Crippen molar-refractivity contribution >= 4 is 23.7 Å². The minimum atomic E-state index is -1.11. The van der Waals surface area contributed by atoms with Crippen LogP contribution in [0.5, 0.6) is 0 Å². The molecule has 0 bridgehead atoms. The van der Waals surface area contributed by atoms with Gasteiger partial charge < -0.3 is 32.1 Å². The zero-order valence-corrected chi connectivity index (χ0v) is 21.3. The first kappa shape index (κ1) is 29.3. The van der Waals surface area contributed by atoms with Crippen LogP contribution in [0.2, 0.25) is 0 Å². The van der Waals surface area contributed by atoms with E-state index in [1.54, 1.807) is 0 Å². The molecule has 3 amide bonds. The van der Waals surface area contributed by atoms with Gasteiger partial charge in [-0.15, -0.1) is 0 Å². The highest BCUT2D eigenvalue weighted by Gasteiger charge is 2.39. The maximum atomic E-state index is 13.6. The fourth-order valence-corrected chi connectivity index (χ4v) is 4.43. The van der Waals surface area contributed by atoms with E-state index in [1.165, 1.54) is 4.90 Å². The molecule has 4 atom stereocenters. The Labute approximate surface area is 213 Å². The molecule has 1 aromatic rings. The van der Waals surface area contributed by atoms with Gasteiger partial charge in [-0.05, 0) is 50.1 Å². The zero-order valence-electron chi connectivity index (χ0n) is 21.3. The van der Waals surface area contributed by atoms with Crippen LogP contribution >= 0.6 is 0 Å². The van der Waals surface area contributed by atoms with Crippen LogP contribution in [0.15, 0.2) is 30.3 Å². The lowest BCUT2D eigenvalue weighted by Crippen LogP contribution is -2.57. The Bertz CT molecular complexity index is 879. The number of carbonyl (C=O) groups is 4. The standard InChI is InChI=1S/C26H41N5O5/c1-17(2)15-21(26(35)36)30-24(33)22-12-8-14-31(22)25(34)20(16-18-9-4-3-5-10-18)29-23(32)19(28)11-6-7-13-27/h3-5,9-10,17,19-22H,6-8,11-16,27-28H2,1-2H3,(H,29,32)(H,30,33)(H,35,36). The molecule has 0 aromatic heterocycles. The maximum absolute atomic E-state index is 13.6. The summed E-state index contributed by atoms with van der Waals surface area (Å²) in [6, 6.07) is 5.81. The van der Waals surface area contributed by atoms with Crippen LogP contribution in [0.25, 0.3) is 0 Å². The van der Waals surface area contributed by atoms with E-state index in [0.29, 0.717) is 38.8 Å². The van der Waals surface area contributed by atoms with E-state index < -0.39 is 42.0 Å². The Morgan fingerprint density at radius 2 is 1.78 bits per heavy atom. The van der Waals surface area contributed by atoms with Crippen LogP contribution in [0.4, 0.5) is 0 Å². The van der Waals surface area contributed by atoms with Gasteiger partial charge in [0.25, 0.3) is 0 Å². The normalized spacial score (nSPS) is 17.9. The van der Waals surface area contributed by atoms with Gasteiger partial charge in [-0.1, -0.05) is 50.6 Å². The molecule has 0 spiro atoms. The van der Waals surface area contributed by atoms with Crippen LogP contribution in [0, 0.1) is 5.92 Å². The molecule has 10 nitrogen and oxygen atoms in total. The molecule has 0 radical (unpaired) electrons. The number of unbranched alkanes of at least 4 members (excludes halogenated alkanes) is 1. The number of carboxylic acids is 1. The number of nitrogens with two attached hydrogens (primary N) is 2. The van der Waals surface area contributed by atoms with Gasteiger partial charge >= 0.3 is 5.97 Å². The fraction of sp³-hybridized carbons (Fsp3) is 0.615. The van der Waals surface area contributed by atoms with Gasteiger partial charge in [0.05, 0.1) is 6.04 Å². The average Bonchev–Trinajstić information content (AvgIpc) is 3.33. The molecule has 0 aliphatic carbocycles. The van der Waals surface area contributed by atoms with E-state index in [9.17, 15) is 24.3 Å². The van der Waals surface area contributed by atoms with Gasteiger partial charge in [-0.25, -0.2) is 4.79 Å². The van der Waals surface area contributed by atoms with Crippen molar-refractivity contribution in [3.63, 3.8) is 0 Å². The summed E-state index contributed by atoms with van der Waals surface area (Å²) in [6.07, 6.45) is 3.49. The smallest absolute Gasteiger partial charge is 0.326 e. The Hall–Kier alpha value is -2.98. The van der Waals surface area contributed by atoms with E-state index in [4.69, 9.17) is 11.5 Å². The van der Waals surface area contributed by atoms with Gasteiger partial charge in [-0.2, -0.15) is 0 Å². The van der Waals surface area contributed by atoms with E-state index in [1.807, 2.05) is 44.2 Å². The van der Waals surface area contributed by atoms with Crippen LogP contribution in [0.1, 0.15) is 57.9 Å². The highest BCUT2D eigenvalue weighted by Crippen LogP contribution is 2.20. The maximum Gasteiger partial charge on any atom is 0.326 e. The third-order valence-corrected chi connectivity index (χ3v) is 6.36. The summed E-state index contributed by atoms with van der Waals surface area (Å²) in [6.45, 7) is 4.63. The second kappa shape index (κ2) is 14.5. The van der Waals surface area contributed by atoms with Crippen molar-refractivity contribution in [1.82, 2.24) is 15.5 Å². The third kappa shape index (κ3) is 8.91. The molecular weight excluding hydrogens is 462 g/mol. The Balaban J connectivity index is 2.17. The first-order valence-electron chi connectivity index (χ1n) is 12.8. The average molecular weight is 504 g/mol. The molecule has 4 unspecified atom stereocenters. The van der Waals surface area contributed by atoms with E-state index in [0.717, 1.165) is 12.0 Å². The summed E-state index contributed by atoms with van der Waals surface area (Å²) in [5.41, 5.74) is 12.4. The molecule has 1 heterocycles. The summed E-state index contributed by atoms with van der Waals surface area (Å²) in [7, 11) is 0. The highest BCUT2D eigenvalue weighted by atomic mass is 16.4. The molecule has 7 N–H and O–H groups in total. The minimum absolute atomic E-state index is 0.0761. The van der Waals surface area contributed by atoms with E-state index >= 15 is 0 Å². The quantitative estimate of drug-likeness (QED) is 0.234. The monoisotopic (exact) mass is 503 g/mol. The zero-order chi connectivity index (χ0) is 26.7. The van der Waals surface area contributed by atoms with Crippen molar-refractivity contribution < 1.29 is 24.3 Å². The molecule has 1 saturated heterocycles. The summed E-state index contributed by atoms with van der Waals surface area (Å²) in [4.78, 5) is 52.6. The number of hydrogen-bond donors (Lipinski definition) is 5. The van der Waals surface area contributed by atoms with Gasteiger partial charge in [0.15, 0.2) is 0 Å². The predicted molar refractivity (Wildman–Crippen MR) is 137 cm³/mol. The minimum Gasteiger partial charge on any atom is -0.480 e. The Morgan fingerprint density at radius 3 is 2.39 bits per heavy atom. The molecule has 10 heteroatoms. The lowest BCUT2D eigenvalue weighted by molar-refractivity contribution is -0.145. The van der Waals surface area contributed by atoms with Crippen LogP contribution in [-0.4, -0.2) is 71.0 Å². The Morgan fingerprint density at radius 1 is 1.08 bits per heavy atom. The lowest BCUT2D eigenvalue weighted by atomic mass is 10.0. The molecule has 1 aliphatic rings. The number of carboxylic acid groups (broad SMARTS) is 1. The molecule has 0 saturated carbocycles. The molecular formula is C26H41N5O5. The summed E-state index contributed by atoms with van der Waals surface area (Å²) < 4.78 is 0. The molecule has 1 aliphatic heterocycles. The molecule has 2 rings (SSSR count). The largest absolute Gasteiger partial charge is 0.480 e. The first-order valence-corrected chi connectivity index (χ1v) is 12.8. The molecule has 36 heavy (non-hydrogen) atoms. The number of hydrogen-bond acceptors (Lipinski definition) is 6. The van der Waals surface area contributed by atoms with Crippen molar-refractivity contribution in [2.24, 2.45) is 17.4 Å².